The van der Waals surface area contributed by atoms with Crippen molar-refractivity contribution in [1.29, 1.82) is 0 Å². The van der Waals surface area contributed by atoms with Gasteiger partial charge in [0.25, 0.3) is 0 Å². The van der Waals surface area contributed by atoms with Crippen molar-refractivity contribution in [2.24, 2.45) is 0 Å². The van der Waals surface area contributed by atoms with Crippen molar-refractivity contribution in [3.8, 4) is 6.01 Å². The minimum absolute atomic E-state index is 0.0337. The molecule has 2 aromatic heterocycles. The average molecular weight is 565 g/mol. The predicted octanol–water partition coefficient (Wildman–Crippen LogP) is 5.68. The average Bonchev–Trinajstić information content (AvgIpc) is 3.16. The molecule has 0 aliphatic carbocycles. The molecule has 216 valence electrons. The van der Waals surface area contributed by atoms with Gasteiger partial charge in [0.2, 0.25) is 0 Å². The molecule has 9 nitrogen and oxygen atoms in total. The van der Waals surface area contributed by atoms with Crippen LogP contribution in [0.15, 0.2) is 6.20 Å². The van der Waals surface area contributed by atoms with Crippen molar-refractivity contribution >= 4 is 34.4 Å². The molecule has 11 heteroatoms. The molecular weight excluding hydrogens is 523 g/mol. The number of carbonyl (C=O) groups excluding carboxylic acids is 1. The van der Waals surface area contributed by atoms with Crippen LogP contribution in [0, 0.1) is 5.82 Å². The van der Waals surface area contributed by atoms with Gasteiger partial charge in [-0.1, -0.05) is 38.8 Å². The highest BCUT2D eigenvalue weighted by atomic mass is 35.5. The van der Waals surface area contributed by atoms with Crippen molar-refractivity contribution in [1.82, 2.24) is 24.8 Å². The van der Waals surface area contributed by atoms with Crippen molar-refractivity contribution in [2.45, 2.75) is 96.9 Å². The summed E-state index contributed by atoms with van der Waals surface area (Å²) in [4.78, 5) is 32.5. The van der Waals surface area contributed by atoms with Crippen molar-refractivity contribution in [2.75, 3.05) is 38.2 Å². The number of likely N-dealkylation sites (N-methyl/N-ethyl adjacent to an activating group) is 1. The molecule has 2 aliphatic rings. The van der Waals surface area contributed by atoms with Crippen LogP contribution < -0.4 is 9.64 Å². The molecule has 0 aromatic carbocycles. The lowest BCUT2D eigenvalue weighted by Crippen LogP contribution is -2.57. The Labute approximate surface area is 236 Å². The van der Waals surface area contributed by atoms with Gasteiger partial charge in [-0.3, -0.25) is 9.80 Å². The van der Waals surface area contributed by atoms with Crippen LogP contribution in [-0.2, 0) is 4.74 Å². The fraction of sp³-hybridized carbons (Fsp3) is 0.714. The first-order chi connectivity index (χ1) is 18.4. The maximum Gasteiger partial charge on any atom is 0.410 e. The molecule has 2 saturated heterocycles. The van der Waals surface area contributed by atoms with Crippen LogP contribution in [0.3, 0.4) is 0 Å². The van der Waals surface area contributed by atoms with Gasteiger partial charge in [0.05, 0.1) is 23.0 Å². The molecule has 4 heterocycles. The van der Waals surface area contributed by atoms with Gasteiger partial charge in [-0.2, -0.15) is 9.97 Å². The summed E-state index contributed by atoms with van der Waals surface area (Å²) in [6, 6.07) is 0.0428. The van der Waals surface area contributed by atoms with Gasteiger partial charge in [-0.05, 0) is 60.0 Å². The quantitative estimate of drug-likeness (QED) is 0.359. The number of rotatable bonds is 9. The standard InChI is InChI=1S/C28H42ClFN6O3/c1-8-13-28(9-2,34(7)10-3)17-38-25-32-22-20(14-31-23(29)21(22)30)24(33-25)35-15-18-11-12-19(16-35)36(18)26(37)39-27(4,5)6/h14,18-19H,8-13,15-17H2,1-7H3. The summed E-state index contributed by atoms with van der Waals surface area (Å²) >= 11 is 6.05. The van der Waals surface area contributed by atoms with Gasteiger partial charge >= 0.3 is 12.1 Å². The zero-order valence-electron chi connectivity index (χ0n) is 24.3. The highest BCUT2D eigenvalue weighted by Crippen LogP contribution is 2.37. The van der Waals surface area contributed by atoms with E-state index in [2.05, 4.69) is 47.6 Å². The van der Waals surface area contributed by atoms with Crippen molar-refractivity contribution in [3.05, 3.63) is 17.2 Å². The van der Waals surface area contributed by atoms with E-state index in [1.54, 1.807) is 0 Å². The monoisotopic (exact) mass is 564 g/mol. The summed E-state index contributed by atoms with van der Waals surface area (Å²) in [5.74, 6) is -0.153. The zero-order valence-corrected chi connectivity index (χ0v) is 25.0. The zero-order chi connectivity index (χ0) is 28.5. The Hall–Kier alpha value is -2.46. The van der Waals surface area contributed by atoms with Crippen molar-refractivity contribution in [3.63, 3.8) is 0 Å². The van der Waals surface area contributed by atoms with Crippen LogP contribution in [0.2, 0.25) is 5.15 Å². The van der Waals surface area contributed by atoms with Crippen LogP contribution in [0.4, 0.5) is 15.0 Å². The summed E-state index contributed by atoms with van der Waals surface area (Å²) in [5, 5.41) is 0.225. The number of hydrogen-bond donors (Lipinski definition) is 0. The number of piperazine rings is 1. The van der Waals surface area contributed by atoms with Gasteiger partial charge in [0.15, 0.2) is 11.0 Å². The number of amides is 1. The van der Waals surface area contributed by atoms with E-state index < -0.39 is 11.4 Å². The largest absolute Gasteiger partial charge is 0.461 e. The van der Waals surface area contributed by atoms with E-state index in [-0.39, 0.29) is 40.4 Å². The van der Waals surface area contributed by atoms with E-state index >= 15 is 4.39 Å². The van der Waals surface area contributed by atoms with Crippen molar-refractivity contribution < 1.29 is 18.7 Å². The summed E-state index contributed by atoms with van der Waals surface area (Å²) in [7, 11) is 2.10. The molecule has 2 fully saturated rings. The van der Waals surface area contributed by atoms with Gasteiger partial charge in [0.1, 0.15) is 23.5 Å². The molecule has 2 aromatic rings. The molecular formula is C28H42ClFN6O3. The summed E-state index contributed by atoms with van der Waals surface area (Å²) in [6.45, 7) is 14.4. The molecule has 2 aliphatic heterocycles. The van der Waals surface area contributed by atoms with Gasteiger partial charge < -0.3 is 14.4 Å². The fourth-order valence-corrected chi connectivity index (χ4v) is 6.05. The molecule has 3 atom stereocenters. The number of halogens is 2. The topological polar surface area (TPSA) is 83.9 Å². The maximum atomic E-state index is 15.2. The minimum Gasteiger partial charge on any atom is -0.461 e. The Morgan fingerprint density at radius 2 is 1.85 bits per heavy atom. The van der Waals surface area contributed by atoms with E-state index in [9.17, 15) is 4.79 Å². The molecule has 39 heavy (non-hydrogen) atoms. The third kappa shape index (κ3) is 6.01. The summed E-state index contributed by atoms with van der Waals surface area (Å²) < 4.78 is 27.2. The Kier molecular flexibility index (Phi) is 8.76. The van der Waals surface area contributed by atoms with Gasteiger partial charge in [0, 0.05) is 19.3 Å². The number of nitrogens with zero attached hydrogens (tertiary/aromatic N) is 6. The lowest BCUT2D eigenvalue weighted by Gasteiger charge is -2.42. The summed E-state index contributed by atoms with van der Waals surface area (Å²) in [6.07, 6.45) is 5.80. The van der Waals surface area contributed by atoms with E-state index in [4.69, 9.17) is 26.1 Å². The number of hydrogen-bond acceptors (Lipinski definition) is 8. The SMILES string of the molecule is CCCC(CC)(COc1nc(N2CC3CCC(C2)N3C(=O)OC(C)(C)C)c2cnc(Cl)c(F)c2n1)N(C)CC. The van der Waals surface area contributed by atoms with E-state index in [1.165, 1.54) is 6.20 Å². The third-order valence-electron chi connectivity index (χ3n) is 8.11. The fourth-order valence-electron chi connectivity index (χ4n) is 5.92. The predicted molar refractivity (Wildman–Crippen MR) is 151 cm³/mol. The van der Waals surface area contributed by atoms with Gasteiger partial charge in [-0.15, -0.1) is 0 Å². The van der Waals surface area contributed by atoms with E-state index in [0.29, 0.717) is 30.9 Å². The number of fused-ring (bicyclic) bond motifs is 3. The molecule has 1 amide bonds. The molecule has 3 unspecified atom stereocenters. The van der Waals surface area contributed by atoms with Crippen LogP contribution in [0.25, 0.3) is 10.9 Å². The molecule has 0 N–H and O–H groups in total. The molecule has 0 spiro atoms. The Morgan fingerprint density at radius 1 is 1.18 bits per heavy atom. The number of anilines is 1. The smallest absolute Gasteiger partial charge is 0.410 e. The lowest BCUT2D eigenvalue weighted by atomic mass is 9.90. The second kappa shape index (κ2) is 11.6. The Bertz CT molecular complexity index is 1180. The molecule has 0 saturated carbocycles. The second-order valence-corrected chi connectivity index (χ2v) is 12.1. The Balaban J connectivity index is 1.67. The normalized spacial score (nSPS) is 21.0. The highest BCUT2D eigenvalue weighted by molar-refractivity contribution is 6.30. The lowest BCUT2D eigenvalue weighted by molar-refractivity contribution is 0.0122. The minimum atomic E-state index is -0.695. The van der Waals surface area contributed by atoms with E-state index in [0.717, 1.165) is 38.6 Å². The first-order valence-electron chi connectivity index (χ1n) is 14.0. The van der Waals surface area contributed by atoms with Gasteiger partial charge in [-0.25, -0.2) is 14.2 Å². The van der Waals surface area contributed by atoms with Crippen LogP contribution in [0.5, 0.6) is 6.01 Å². The number of aromatic nitrogens is 3. The summed E-state index contributed by atoms with van der Waals surface area (Å²) in [5.41, 5.74) is -0.671. The van der Waals surface area contributed by atoms with Crippen LogP contribution in [-0.4, -0.2) is 87.4 Å². The third-order valence-corrected chi connectivity index (χ3v) is 8.38. The first kappa shape index (κ1) is 29.5. The van der Waals surface area contributed by atoms with E-state index in [1.807, 2.05) is 25.7 Å². The first-order valence-corrected chi connectivity index (χ1v) is 14.4. The molecule has 4 rings (SSSR count). The van der Waals surface area contributed by atoms with Crippen LogP contribution in [0.1, 0.15) is 73.6 Å². The maximum absolute atomic E-state index is 15.2. The molecule has 0 radical (unpaired) electrons. The van der Waals surface area contributed by atoms with Crippen LogP contribution >= 0.6 is 11.6 Å². The number of pyridine rings is 1. The number of ether oxygens (including phenoxy) is 2. The highest BCUT2D eigenvalue weighted by Gasteiger charge is 2.45. The Morgan fingerprint density at radius 3 is 2.41 bits per heavy atom. The number of carbonyl (C=O) groups is 1. The second-order valence-electron chi connectivity index (χ2n) is 11.8. The molecule has 2 bridgehead atoms.